The van der Waals surface area contributed by atoms with Gasteiger partial charge in [-0.2, -0.15) is 0 Å². The molecule has 1 amide bonds. The molecule has 33 heavy (non-hydrogen) atoms. The Hall–Kier alpha value is -3.67. The molecular formula is C28H25NO4. The Morgan fingerprint density at radius 2 is 1.42 bits per heavy atom. The van der Waals surface area contributed by atoms with Crippen LogP contribution in [0.5, 0.6) is 0 Å². The van der Waals surface area contributed by atoms with E-state index < -0.39 is 18.4 Å². The van der Waals surface area contributed by atoms with E-state index >= 15 is 0 Å². The summed E-state index contributed by atoms with van der Waals surface area (Å²) in [5.74, 6) is -0.0567. The molecule has 4 aromatic carbocycles. The van der Waals surface area contributed by atoms with Gasteiger partial charge in [0.2, 0.25) is 0 Å². The zero-order valence-corrected chi connectivity index (χ0v) is 18.0. The summed E-state index contributed by atoms with van der Waals surface area (Å²) < 4.78 is 5.57. The second-order valence-corrected chi connectivity index (χ2v) is 8.33. The highest BCUT2D eigenvalue weighted by atomic mass is 16.5. The van der Waals surface area contributed by atoms with Crippen molar-refractivity contribution in [3.05, 3.63) is 108 Å². The maximum Gasteiger partial charge on any atom is 0.407 e. The van der Waals surface area contributed by atoms with Gasteiger partial charge in [0.15, 0.2) is 6.29 Å². The Morgan fingerprint density at radius 1 is 0.818 bits per heavy atom. The monoisotopic (exact) mass is 439 g/mol. The van der Waals surface area contributed by atoms with Crippen LogP contribution in [0.4, 0.5) is 4.79 Å². The van der Waals surface area contributed by atoms with E-state index in [4.69, 9.17) is 4.74 Å². The number of aliphatic hydroxyl groups excluding tert-OH is 1. The van der Waals surface area contributed by atoms with Crippen molar-refractivity contribution in [2.75, 3.05) is 6.61 Å². The van der Waals surface area contributed by atoms with Gasteiger partial charge in [-0.05, 0) is 45.0 Å². The van der Waals surface area contributed by atoms with Crippen LogP contribution in [0.15, 0.2) is 91.0 Å². The van der Waals surface area contributed by atoms with Gasteiger partial charge in [-0.3, -0.25) is 0 Å². The highest BCUT2D eigenvalue weighted by molar-refractivity contribution is 5.85. The summed E-state index contributed by atoms with van der Waals surface area (Å²) >= 11 is 0. The third-order valence-electron chi connectivity index (χ3n) is 6.33. The minimum Gasteiger partial charge on any atom is -0.449 e. The van der Waals surface area contributed by atoms with Crippen molar-refractivity contribution in [3.63, 3.8) is 0 Å². The van der Waals surface area contributed by atoms with Gasteiger partial charge >= 0.3 is 6.09 Å². The van der Waals surface area contributed by atoms with Crippen molar-refractivity contribution in [1.29, 1.82) is 0 Å². The number of aliphatic hydroxyl groups is 2. The van der Waals surface area contributed by atoms with E-state index in [1.165, 1.54) is 0 Å². The number of rotatable bonds is 6. The molecule has 1 unspecified atom stereocenters. The van der Waals surface area contributed by atoms with Crippen LogP contribution in [0.3, 0.4) is 0 Å². The van der Waals surface area contributed by atoms with Gasteiger partial charge < -0.3 is 20.3 Å². The Labute approximate surface area is 192 Å². The quantitative estimate of drug-likeness (QED) is 0.384. The predicted octanol–water partition coefficient (Wildman–Crippen LogP) is 4.60. The maximum absolute atomic E-state index is 12.6. The fraction of sp³-hybridized carbons (Fsp3) is 0.179. The van der Waals surface area contributed by atoms with Crippen molar-refractivity contribution in [2.24, 2.45) is 0 Å². The highest BCUT2D eigenvalue weighted by Crippen LogP contribution is 2.44. The molecule has 0 bridgehead atoms. The lowest BCUT2D eigenvalue weighted by molar-refractivity contribution is -0.0658. The molecule has 1 aliphatic carbocycles. The lowest BCUT2D eigenvalue weighted by Gasteiger charge is -2.22. The average Bonchev–Trinajstić information content (AvgIpc) is 3.16. The minimum absolute atomic E-state index is 0.0567. The molecule has 0 heterocycles. The number of amides is 1. The fourth-order valence-corrected chi connectivity index (χ4v) is 4.73. The molecule has 5 rings (SSSR count). The van der Waals surface area contributed by atoms with Crippen molar-refractivity contribution in [3.8, 4) is 11.1 Å². The molecule has 1 aliphatic rings. The molecule has 0 fully saturated rings. The fourth-order valence-electron chi connectivity index (χ4n) is 4.73. The number of hydrogen-bond donors (Lipinski definition) is 3. The highest BCUT2D eigenvalue weighted by Gasteiger charge is 2.29. The number of ether oxygens (including phenoxy) is 1. The molecule has 4 aromatic rings. The SMILES string of the molecule is O=C(NC(Cc1cccc2ccccc12)C(O)O)OCC1c2ccccc2-c2ccccc21. The Balaban J connectivity index is 1.29. The van der Waals surface area contributed by atoms with Crippen LogP contribution in [0.25, 0.3) is 21.9 Å². The van der Waals surface area contributed by atoms with Crippen molar-refractivity contribution >= 4 is 16.9 Å². The molecule has 0 spiro atoms. The molecule has 5 nitrogen and oxygen atoms in total. The first kappa shape index (κ1) is 21.2. The summed E-state index contributed by atoms with van der Waals surface area (Å²) in [6, 6.07) is 29.1. The number of benzene rings is 4. The summed E-state index contributed by atoms with van der Waals surface area (Å²) in [7, 11) is 0. The summed E-state index contributed by atoms with van der Waals surface area (Å²) in [6.07, 6.45) is -2.12. The number of fused-ring (bicyclic) bond motifs is 4. The Bertz CT molecular complexity index is 1250. The van der Waals surface area contributed by atoms with Crippen LogP contribution in [-0.4, -0.2) is 35.2 Å². The van der Waals surface area contributed by atoms with Gasteiger partial charge in [-0.15, -0.1) is 0 Å². The molecule has 0 saturated carbocycles. The second kappa shape index (κ2) is 9.06. The molecule has 0 aromatic heterocycles. The van der Waals surface area contributed by atoms with Gasteiger partial charge in [0.05, 0.1) is 6.04 Å². The van der Waals surface area contributed by atoms with Gasteiger partial charge in [-0.25, -0.2) is 4.79 Å². The summed E-state index contributed by atoms with van der Waals surface area (Å²) in [5, 5.41) is 24.6. The molecule has 5 heteroatoms. The largest absolute Gasteiger partial charge is 0.449 e. The zero-order valence-electron chi connectivity index (χ0n) is 18.0. The van der Waals surface area contributed by atoms with Crippen LogP contribution in [0, 0.1) is 0 Å². The normalized spacial score (nSPS) is 13.5. The molecule has 166 valence electrons. The van der Waals surface area contributed by atoms with E-state index in [2.05, 4.69) is 29.6 Å². The molecular weight excluding hydrogens is 414 g/mol. The van der Waals surface area contributed by atoms with E-state index in [1.54, 1.807) is 0 Å². The number of alkyl carbamates (subject to hydrolysis) is 1. The van der Waals surface area contributed by atoms with Crippen molar-refractivity contribution in [1.82, 2.24) is 5.32 Å². The molecule has 3 N–H and O–H groups in total. The summed E-state index contributed by atoms with van der Waals surface area (Å²) in [6.45, 7) is 0.169. The van der Waals surface area contributed by atoms with Gasteiger partial charge in [-0.1, -0.05) is 91.0 Å². The van der Waals surface area contributed by atoms with Crippen LogP contribution < -0.4 is 5.32 Å². The van der Waals surface area contributed by atoms with E-state index in [0.29, 0.717) is 0 Å². The summed E-state index contributed by atoms with van der Waals surface area (Å²) in [4.78, 5) is 12.6. The molecule has 1 atom stereocenters. The number of nitrogens with one attached hydrogen (secondary N) is 1. The Kier molecular flexibility index (Phi) is 5.82. The Morgan fingerprint density at radius 3 is 2.12 bits per heavy atom. The standard InChI is InChI=1S/C28H25NO4/c30-27(31)26(16-19-10-7-9-18-8-1-2-11-20(18)19)29-28(32)33-17-25-23-14-5-3-12-21(23)22-13-4-6-15-24(22)25/h1-15,25-27,30-31H,16-17H2,(H,29,32). The zero-order chi connectivity index (χ0) is 22.8. The first-order valence-electron chi connectivity index (χ1n) is 11.1. The topological polar surface area (TPSA) is 78.8 Å². The third kappa shape index (κ3) is 4.21. The molecule has 0 radical (unpaired) electrons. The third-order valence-corrected chi connectivity index (χ3v) is 6.33. The van der Waals surface area contributed by atoms with Gasteiger partial charge in [0, 0.05) is 5.92 Å². The van der Waals surface area contributed by atoms with E-state index in [-0.39, 0.29) is 18.9 Å². The smallest absolute Gasteiger partial charge is 0.407 e. The number of carbonyl (C=O) groups is 1. The van der Waals surface area contributed by atoms with Crippen LogP contribution in [-0.2, 0) is 11.2 Å². The first-order valence-corrected chi connectivity index (χ1v) is 11.1. The van der Waals surface area contributed by atoms with E-state index in [0.717, 1.165) is 38.6 Å². The lowest BCUT2D eigenvalue weighted by atomic mass is 9.98. The number of carbonyl (C=O) groups excluding carboxylic acids is 1. The second-order valence-electron chi connectivity index (χ2n) is 8.33. The lowest BCUT2D eigenvalue weighted by Crippen LogP contribution is -2.45. The minimum atomic E-state index is -1.72. The van der Waals surface area contributed by atoms with Gasteiger partial charge in [0.1, 0.15) is 6.61 Å². The van der Waals surface area contributed by atoms with E-state index in [9.17, 15) is 15.0 Å². The predicted molar refractivity (Wildman–Crippen MR) is 128 cm³/mol. The van der Waals surface area contributed by atoms with Crippen LogP contribution in [0.1, 0.15) is 22.6 Å². The van der Waals surface area contributed by atoms with Crippen molar-refractivity contribution in [2.45, 2.75) is 24.7 Å². The van der Waals surface area contributed by atoms with Crippen LogP contribution >= 0.6 is 0 Å². The van der Waals surface area contributed by atoms with E-state index in [1.807, 2.05) is 66.7 Å². The number of hydrogen-bond acceptors (Lipinski definition) is 4. The molecule has 0 saturated heterocycles. The maximum atomic E-state index is 12.6. The van der Waals surface area contributed by atoms with Crippen molar-refractivity contribution < 1.29 is 19.7 Å². The molecule has 0 aliphatic heterocycles. The summed E-state index contributed by atoms with van der Waals surface area (Å²) in [5.41, 5.74) is 5.48. The van der Waals surface area contributed by atoms with Gasteiger partial charge in [0.25, 0.3) is 0 Å². The van der Waals surface area contributed by atoms with Crippen LogP contribution in [0.2, 0.25) is 0 Å². The average molecular weight is 440 g/mol. The first-order chi connectivity index (χ1) is 16.1.